The van der Waals surface area contributed by atoms with Gasteiger partial charge in [-0.05, 0) is 40.1 Å². The Hall–Kier alpha value is -1.23. The Morgan fingerprint density at radius 2 is 2.00 bits per heavy atom. The highest BCUT2D eigenvalue weighted by Crippen LogP contribution is 2.31. The minimum atomic E-state index is -0.650. The molecule has 0 aliphatic carbocycles. The number of rotatable bonds is 3. The predicted molar refractivity (Wildman–Crippen MR) is 84.6 cm³/mol. The van der Waals surface area contributed by atoms with Crippen LogP contribution in [0, 0.1) is 5.82 Å². The summed E-state index contributed by atoms with van der Waals surface area (Å²) in [6, 6.07) is 12.5. The van der Waals surface area contributed by atoms with Crippen molar-refractivity contribution in [1.82, 2.24) is 0 Å². The van der Waals surface area contributed by atoms with E-state index < -0.39 is 6.10 Å². The summed E-state index contributed by atoms with van der Waals surface area (Å²) in [6.07, 6.45) is -0.128. The van der Waals surface area contributed by atoms with Crippen molar-refractivity contribution in [1.29, 1.82) is 0 Å². The molecule has 102 valence electrons. The van der Waals surface area contributed by atoms with Gasteiger partial charge in [-0.2, -0.15) is 0 Å². The highest BCUT2D eigenvalue weighted by molar-refractivity contribution is 9.10. The Kier molecular flexibility index (Phi) is 3.87. The number of thiophene rings is 1. The minimum absolute atomic E-state index is 0.311. The van der Waals surface area contributed by atoms with Crippen molar-refractivity contribution in [3.8, 4) is 0 Å². The van der Waals surface area contributed by atoms with Gasteiger partial charge in [0.1, 0.15) is 5.82 Å². The lowest BCUT2D eigenvalue weighted by Gasteiger charge is -2.12. The summed E-state index contributed by atoms with van der Waals surface area (Å²) in [4.78, 5) is 0. The van der Waals surface area contributed by atoms with Gasteiger partial charge in [0.25, 0.3) is 0 Å². The fraction of sp³-hybridized carbons (Fsp3) is 0.125. The van der Waals surface area contributed by atoms with Gasteiger partial charge < -0.3 is 5.11 Å². The van der Waals surface area contributed by atoms with E-state index >= 15 is 0 Å². The first-order valence-electron chi connectivity index (χ1n) is 6.23. The van der Waals surface area contributed by atoms with Crippen LogP contribution in [0.25, 0.3) is 10.1 Å². The van der Waals surface area contributed by atoms with E-state index in [9.17, 15) is 9.50 Å². The van der Waals surface area contributed by atoms with Crippen molar-refractivity contribution in [2.75, 3.05) is 0 Å². The van der Waals surface area contributed by atoms with E-state index in [0.717, 1.165) is 5.56 Å². The van der Waals surface area contributed by atoms with E-state index in [1.807, 2.05) is 12.1 Å². The maximum atomic E-state index is 13.1. The normalized spacial score (nSPS) is 12.8. The highest BCUT2D eigenvalue weighted by Gasteiger charge is 2.15. The van der Waals surface area contributed by atoms with Crippen LogP contribution in [-0.2, 0) is 6.42 Å². The predicted octanol–water partition coefficient (Wildman–Crippen LogP) is 5.08. The smallest absolute Gasteiger partial charge is 0.124 e. The molecule has 1 N–H and O–H groups in total. The van der Waals surface area contributed by atoms with Crippen LogP contribution in [0.3, 0.4) is 0 Å². The van der Waals surface area contributed by atoms with Gasteiger partial charge in [0.15, 0.2) is 0 Å². The van der Waals surface area contributed by atoms with E-state index in [-0.39, 0.29) is 5.82 Å². The van der Waals surface area contributed by atoms with Crippen LogP contribution in [0.1, 0.15) is 17.2 Å². The van der Waals surface area contributed by atoms with E-state index in [2.05, 4.69) is 33.4 Å². The summed E-state index contributed by atoms with van der Waals surface area (Å²) in [5.74, 6) is -0.311. The fourth-order valence-corrected chi connectivity index (χ4v) is 3.87. The lowest BCUT2D eigenvalue weighted by atomic mass is 10.0. The number of hydrogen-bond donors (Lipinski definition) is 1. The molecule has 1 unspecified atom stereocenters. The molecular weight excluding hydrogens is 339 g/mol. The number of halogens is 2. The standard InChI is InChI=1S/C16H12BrFOS/c17-14-8-11(18)5-6-13(14)15(19)7-10-9-20-16-4-2-1-3-12(10)16/h1-6,8-9,15,19H,7H2. The van der Waals surface area contributed by atoms with Gasteiger partial charge >= 0.3 is 0 Å². The highest BCUT2D eigenvalue weighted by atomic mass is 79.9. The number of fused-ring (bicyclic) bond motifs is 1. The molecule has 3 aromatic rings. The Morgan fingerprint density at radius 1 is 1.20 bits per heavy atom. The maximum absolute atomic E-state index is 13.1. The van der Waals surface area contributed by atoms with Gasteiger partial charge in [-0.1, -0.05) is 40.2 Å². The molecule has 1 aromatic heterocycles. The van der Waals surface area contributed by atoms with E-state index in [4.69, 9.17) is 0 Å². The molecular formula is C16H12BrFOS. The SMILES string of the molecule is OC(Cc1csc2ccccc12)c1ccc(F)cc1Br. The van der Waals surface area contributed by atoms with E-state index in [0.29, 0.717) is 16.5 Å². The monoisotopic (exact) mass is 350 g/mol. The Morgan fingerprint density at radius 3 is 2.80 bits per heavy atom. The molecule has 0 aliphatic heterocycles. The molecule has 2 aromatic carbocycles. The summed E-state index contributed by atoms with van der Waals surface area (Å²) in [6.45, 7) is 0. The maximum Gasteiger partial charge on any atom is 0.124 e. The van der Waals surface area contributed by atoms with Crippen molar-refractivity contribution in [3.05, 3.63) is 69.3 Å². The van der Waals surface area contributed by atoms with Crippen LogP contribution < -0.4 is 0 Å². The number of aliphatic hydroxyl groups is 1. The Balaban J connectivity index is 1.90. The third-order valence-corrected chi connectivity index (χ3v) is 4.99. The molecule has 1 atom stereocenters. The zero-order valence-corrected chi connectivity index (χ0v) is 12.9. The molecule has 20 heavy (non-hydrogen) atoms. The first-order chi connectivity index (χ1) is 9.65. The van der Waals surface area contributed by atoms with Gasteiger partial charge in [0.05, 0.1) is 6.10 Å². The largest absolute Gasteiger partial charge is 0.388 e. The average Bonchev–Trinajstić information content (AvgIpc) is 2.82. The number of benzene rings is 2. The van der Waals surface area contributed by atoms with Crippen LogP contribution in [0.15, 0.2) is 52.3 Å². The lowest BCUT2D eigenvalue weighted by molar-refractivity contribution is 0.178. The molecule has 1 heterocycles. The first-order valence-corrected chi connectivity index (χ1v) is 7.90. The molecule has 0 fully saturated rings. The zero-order chi connectivity index (χ0) is 14.1. The molecule has 0 spiro atoms. The topological polar surface area (TPSA) is 20.2 Å². The zero-order valence-electron chi connectivity index (χ0n) is 10.5. The Labute approximate surface area is 128 Å². The van der Waals surface area contributed by atoms with Crippen LogP contribution >= 0.6 is 27.3 Å². The average molecular weight is 351 g/mol. The summed E-state index contributed by atoms with van der Waals surface area (Å²) in [5.41, 5.74) is 1.83. The second-order valence-corrected chi connectivity index (χ2v) is 6.41. The molecule has 4 heteroatoms. The lowest BCUT2D eigenvalue weighted by Crippen LogP contribution is -2.02. The van der Waals surface area contributed by atoms with Crippen LogP contribution in [-0.4, -0.2) is 5.11 Å². The van der Waals surface area contributed by atoms with Crippen LogP contribution in [0.2, 0.25) is 0 Å². The van der Waals surface area contributed by atoms with Crippen molar-refractivity contribution >= 4 is 37.4 Å². The molecule has 0 saturated carbocycles. The molecule has 0 amide bonds. The molecule has 1 nitrogen and oxygen atoms in total. The summed E-state index contributed by atoms with van der Waals surface area (Å²) in [5, 5.41) is 13.6. The molecule has 3 rings (SSSR count). The number of hydrogen-bond acceptors (Lipinski definition) is 2. The van der Waals surface area contributed by atoms with Crippen molar-refractivity contribution < 1.29 is 9.50 Å². The second kappa shape index (κ2) is 5.64. The van der Waals surface area contributed by atoms with Gasteiger partial charge in [-0.3, -0.25) is 0 Å². The van der Waals surface area contributed by atoms with Crippen molar-refractivity contribution in [2.24, 2.45) is 0 Å². The third-order valence-electron chi connectivity index (χ3n) is 3.30. The van der Waals surface area contributed by atoms with Crippen LogP contribution in [0.5, 0.6) is 0 Å². The van der Waals surface area contributed by atoms with Crippen LogP contribution in [0.4, 0.5) is 4.39 Å². The summed E-state index contributed by atoms with van der Waals surface area (Å²) >= 11 is 4.98. The van der Waals surface area contributed by atoms with E-state index in [1.54, 1.807) is 17.4 Å². The van der Waals surface area contributed by atoms with Gasteiger partial charge in [0, 0.05) is 15.6 Å². The van der Waals surface area contributed by atoms with Crippen molar-refractivity contribution in [3.63, 3.8) is 0 Å². The second-order valence-electron chi connectivity index (χ2n) is 4.64. The summed E-state index contributed by atoms with van der Waals surface area (Å²) < 4.78 is 14.9. The molecule has 0 bridgehead atoms. The first kappa shape index (κ1) is 13.7. The van der Waals surface area contributed by atoms with Gasteiger partial charge in [-0.15, -0.1) is 11.3 Å². The fourth-order valence-electron chi connectivity index (χ4n) is 2.28. The third kappa shape index (κ3) is 2.64. The van der Waals surface area contributed by atoms with Gasteiger partial charge in [-0.25, -0.2) is 4.39 Å². The minimum Gasteiger partial charge on any atom is -0.388 e. The molecule has 0 radical (unpaired) electrons. The number of aliphatic hydroxyl groups excluding tert-OH is 1. The van der Waals surface area contributed by atoms with E-state index in [1.165, 1.54) is 22.2 Å². The van der Waals surface area contributed by atoms with Crippen molar-refractivity contribution in [2.45, 2.75) is 12.5 Å². The molecule has 0 aliphatic rings. The Bertz CT molecular complexity index is 753. The van der Waals surface area contributed by atoms with Gasteiger partial charge in [0.2, 0.25) is 0 Å². The quantitative estimate of drug-likeness (QED) is 0.698. The molecule has 0 saturated heterocycles. The summed E-state index contributed by atoms with van der Waals surface area (Å²) in [7, 11) is 0.